The van der Waals surface area contributed by atoms with E-state index in [1.54, 1.807) is 4.31 Å². The number of anilines is 1. The van der Waals surface area contributed by atoms with Crippen molar-refractivity contribution in [1.82, 2.24) is 5.32 Å². The molecule has 1 spiro atoms. The second-order valence-corrected chi connectivity index (χ2v) is 8.18. The lowest BCUT2D eigenvalue weighted by Gasteiger charge is -2.43. The van der Waals surface area contributed by atoms with E-state index in [1.807, 2.05) is 18.2 Å². The maximum Gasteiger partial charge on any atom is 0.232 e. The van der Waals surface area contributed by atoms with Crippen molar-refractivity contribution in [3.63, 3.8) is 0 Å². The lowest BCUT2D eigenvalue weighted by molar-refractivity contribution is 0.247. The fourth-order valence-electron chi connectivity index (χ4n) is 4.81. The molecule has 0 aromatic heterocycles. The van der Waals surface area contributed by atoms with Crippen LogP contribution in [0.25, 0.3) is 0 Å². The largest absolute Gasteiger partial charge is 0.313 e. The first kappa shape index (κ1) is 12.7. The minimum atomic E-state index is -3.22. The molecule has 1 aromatic carbocycles. The molecule has 4 nitrogen and oxygen atoms in total. The van der Waals surface area contributed by atoms with E-state index in [2.05, 4.69) is 11.4 Å². The predicted molar refractivity (Wildman–Crippen MR) is 79.5 cm³/mol. The van der Waals surface area contributed by atoms with Gasteiger partial charge in [0.2, 0.25) is 10.0 Å². The Morgan fingerprint density at radius 1 is 1.30 bits per heavy atom. The van der Waals surface area contributed by atoms with Gasteiger partial charge in [0.05, 0.1) is 18.0 Å². The maximum absolute atomic E-state index is 12.3. The first-order valence-corrected chi connectivity index (χ1v) is 9.22. The quantitative estimate of drug-likeness (QED) is 0.855. The lowest BCUT2D eigenvalue weighted by atomic mass is 9.65. The topological polar surface area (TPSA) is 49.4 Å². The standard InChI is InChI=1S/C15H20N2O2S/c1-20(18,19)17-12-6-3-2-5-11(12)15-9-10-16-13(15)7-4-8-14(15)17/h2-3,5-6,13-14,16H,4,7-10H2,1H3/t13-,14-,15+/m0/s1. The third-order valence-corrected chi connectivity index (χ3v) is 6.57. The number of nitrogens with zero attached hydrogens (tertiary/aromatic N) is 1. The van der Waals surface area contributed by atoms with Crippen molar-refractivity contribution >= 4 is 15.7 Å². The molecule has 2 fully saturated rings. The first-order chi connectivity index (χ1) is 9.55. The second kappa shape index (κ2) is 3.98. The number of nitrogens with one attached hydrogen (secondary N) is 1. The van der Waals surface area contributed by atoms with Crippen molar-refractivity contribution < 1.29 is 8.42 Å². The number of hydrogen-bond acceptors (Lipinski definition) is 3. The highest BCUT2D eigenvalue weighted by Gasteiger charge is 2.60. The van der Waals surface area contributed by atoms with Gasteiger partial charge in [-0.05, 0) is 43.9 Å². The zero-order valence-electron chi connectivity index (χ0n) is 11.7. The van der Waals surface area contributed by atoms with Gasteiger partial charge in [0.1, 0.15) is 0 Å². The van der Waals surface area contributed by atoms with E-state index < -0.39 is 10.0 Å². The Labute approximate surface area is 120 Å². The summed E-state index contributed by atoms with van der Waals surface area (Å²) < 4.78 is 26.4. The van der Waals surface area contributed by atoms with Crippen LogP contribution >= 0.6 is 0 Å². The molecular formula is C15H20N2O2S. The molecule has 1 saturated carbocycles. The number of para-hydroxylation sites is 1. The summed E-state index contributed by atoms with van der Waals surface area (Å²) in [5, 5.41) is 3.61. The van der Waals surface area contributed by atoms with Gasteiger partial charge in [-0.2, -0.15) is 0 Å². The summed E-state index contributed by atoms with van der Waals surface area (Å²) in [5.74, 6) is 0. The Morgan fingerprint density at radius 2 is 2.10 bits per heavy atom. The molecule has 5 heteroatoms. The van der Waals surface area contributed by atoms with E-state index >= 15 is 0 Å². The Morgan fingerprint density at radius 3 is 2.90 bits per heavy atom. The summed E-state index contributed by atoms with van der Waals surface area (Å²) in [7, 11) is -3.22. The van der Waals surface area contributed by atoms with Gasteiger partial charge in [0.25, 0.3) is 0 Å². The summed E-state index contributed by atoms with van der Waals surface area (Å²) >= 11 is 0. The Balaban J connectivity index is 1.99. The van der Waals surface area contributed by atoms with Crippen molar-refractivity contribution in [3.05, 3.63) is 29.8 Å². The van der Waals surface area contributed by atoms with Crippen molar-refractivity contribution in [2.24, 2.45) is 0 Å². The molecule has 0 unspecified atom stereocenters. The second-order valence-electron chi connectivity index (χ2n) is 6.32. The number of benzene rings is 1. The van der Waals surface area contributed by atoms with Crippen LogP contribution < -0.4 is 9.62 Å². The monoisotopic (exact) mass is 292 g/mol. The van der Waals surface area contributed by atoms with Gasteiger partial charge in [0.15, 0.2) is 0 Å². The Bertz CT molecular complexity index is 658. The molecule has 4 rings (SSSR count). The predicted octanol–water partition coefficient (Wildman–Crippen LogP) is 1.62. The van der Waals surface area contributed by atoms with Gasteiger partial charge < -0.3 is 5.32 Å². The van der Waals surface area contributed by atoms with Crippen LogP contribution in [0.15, 0.2) is 24.3 Å². The average Bonchev–Trinajstić information content (AvgIpc) is 2.94. The zero-order valence-corrected chi connectivity index (χ0v) is 12.5. The summed E-state index contributed by atoms with van der Waals surface area (Å²) in [6.45, 7) is 0.993. The van der Waals surface area contributed by atoms with Gasteiger partial charge in [-0.1, -0.05) is 18.2 Å². The van der Waals surface area contributed by atoms with Gasteiger partial charge >= 0.3 is 0 Å². The smallest absolute Gasteiger partial charge is 0.232 e. The van der Waals surface area contributed by atoms with Crippen LogP contribution in [0.3, 0.4) is 0 Å². The molecule has 2 heterocycles. The highest BCUT2D eigenvalue weighted by Crippen LogP contribution is 2.56. The number of fused-ring (bicyclic) bond motifs is 1. The maximum atomic E-state index is 12.3. The third kappa shape index (κ3) is 1.42. The summed E-state index contributed by atoms with van der Waals surface area (Å²) in [6.07, 6.45) is 5.62. The van der Waals surface area contributed by atoms with Gasteiger partial charge in [-0.3, -0.25) is 4.31 Å². The van der Waals surface area contributed by atoms with Crippen molar-refractivity contribution in [3.8, 4) is 0 Å². The normalized spacial score (nSPS) is 35.5. The van der Waals surface area contributed by atoms with Crippen LogP contribution in [-0.2, 0) is 15.4 Å². The third-order valence-electron chi connectivity index (χ3n) is 5.40. The molecule has 0 radical (unpaired) electrons. The Kier molecular flexibility index (Phi) is 2.52. The molecule has 108 valence electrons. The van der Waals surface area contributed by atoms with Crippen molar-refractivity contribution in [2.45, 2.75) is 43.2 Å². The van der Waals surface area contributed by atoms with Gasteiger partial charge in [-0.15, -0.1) is 0 Å². The molecule has 0 bridgehead atoms. The van der Waals surface area contributed by atoms with Crippen LogP contribution in [-0.4, -0.2) is 33.3 Å². The molecule has 0 amide bonds. The molecule has 20 heavy (non-hydrogen) atoms. The highest BCUT2D eigenvalue weighted by molar-refractivity contribution is 7.92. The lowest BCUT2D eigenvalue weighted by Crippen LogP contribution is -2.55. The number of rotatable bonds is 1. The molecule has 1 saturated heterocycles. The fourth-order valence-corrected chi connectivity index (χ4v) is 6.08. The van der Waals surface area contributed by atoms with E-state index in [4.69, 9.17) is 0 Å². The van der Waals surface area contributed by atoms with Gasteiger partial charge in [0, 0.05) is 11.5 Å². The van der Waals surface area contributed by atoms with E-state index in [-0.39, 0.29) is 11.5 Å². The van der Waals surface area contributed by atoms with Crippen molar-refractivity contribution in [1.29, 1.82) is 0 Å². The molecule has 3 atom stereocenters. The molecule has 3 aliphatic rings. The number of sulfonamides is 1. The van der Waals surface area contributed by atoms with Crippen LogP contribution in [0.4, 0.5) is 5.69 Å². The van der Waals surface area contributed by atoms with Gasteiger partial charge in [-0.25, -0.2) is 8.42 Å². The van der Waals surface area contributed by atoms with E-state index in [0.29, 0.717) is 6.04 Å². The minimum absolute atomic E-state index is 0.00206. The van der Waals surface area contributed by atoms with Crippen LogP contribution in [0, 0.1) is 0 Å². The number of hydrogen-bond donors (Lipinski definition) is 1. The molecule has 2 aliphatic heterocycles. The van der Waals surface area contributed by atoms with Crippen LogP contribution in [0.1, 0.15) is 31.2 Å². The molecule has 1 N–H and O–H groups in total. The minimum Gasteiger partial charge on any atom is -0.313 e. The SMILES string of the molecule is CS(=O)(=O)N1c2ccccc2[C@]23CCN[C@H]2CCC[C@H]13. The zero-order chi connectivity index (χ0) is 14.0. The summed E-state index contributed by atoms with van der Waals surface area (Å²) in [4.78, 5) is 0. The first-order valence-electron chi connectivity index (χ1n) is 7.37. The van der Waals surface area contributed by atoms with Crippen LogP contribution in [0.2, 0.25) is 0 Å². The Hall–Kier alpha value is -1.07. The fraction of sp³-hybridized carbons (Fsp3) is 0.600. The molecule has 1 aliphatic carbocycles. The highest BCUT2D eigenvalue weighted by atomic mass is 32.2. The van der Waals surface area contributed by atoms with E-state index in [1.165, 1.54) is 11.8 Å². The average molecular weight is 292 g/mol. The van der Waals surface area contributed by atoms with E-state index in [9.17, 15) is 8.42 Å². The summed E-state index contributed by atoms with van der Waals surface area (Å²) in [5.41, 5.74) is 2.15. The van der Waals surface area contributed by atoms with Crippen LogP contribution in [0.5, 0.6) is 0 Å². The molecular weight excluding hydrogens is 272 g/mol. The van der Waals surface area contributed by atoms with Crippen molar-refractivity contribution in [2.75, 3.05) is 17.1 Å². The van der Waals surface area contributed by atoms with E-state index in [0.717, 1.165) is 37.9 Å². The molecule has 1 aromatic rings. The summed E-state index contributed by atoms with van der Waals surface area (Å²) in [6, 6.07) is 8.62.